The highest BCUT2D eigenvalue weighted by molar-refractivity contribution is 7.71. The first-order valence-corrected chi connectivity index (χ1v) is 7.66. The number of carbonyl (C=O) groups excluding carboxylic acids is 1. The Morgan fingerprint density at radius 2 is 1.92 bits per heavy atom. The van der Waals surface area contributed by atoms with Crippen molar-refractivity contribution in [1.29, 1.82) is 0 Å². The van der Waals surface area contributed by atoms with Crippen LogP contribution < -0.4 is 5.32 Å². The molecule has 1 aromatic carbocycles. The lowest BCUT2D eigenvalue weighted by Crippen LogP contribution is -2.20. The van der Waals surface area contributed by atoms with Crippen molar-refractivity contribution in [2.75, 3.05) is 5.32 Å². The van der Waals surface area contributed by atoms with E-state index >= 15 is 0 Å². The number of aromatic amines is 2. The summed E-state index contributed by atoms with van der Waals surface area (Å²) in [6.45, 7) is 1.66. The SMILES string of the molecule is Cc1ccc(-c2n[nH]c(=S)n2CC(=O)Nc2n[nH]c(C(F)(F)F)n2)cc1. The molecule has 0 atom stereocenters. The minimum absolute atomic E-state index is 0.196. The Hall–Kier alpha value is -3.02. The number of alkyl halides is 3. The molecule has 136 valence electrons. The molecule has 2 heterocycles. The van der Waals surface area contributed by atoms with Gasteiger partial charge in [-0.15, -0.1) is 5.10 Å². The summed E-state index contributed by atoms with van der Waals surface area (Å²) in [6, 6.07) is 7.40. The van der Waals surface area contributed by atoms with Crippen LogP contribution in [0.4, 0.5) is 19.1 Å². The number of anilines is 1. The van der Waals surface area contributed by atoms with Crippen LogP contribution >= 0.6 is 12.2 Å². The Kier molecular flexibility index (Phi) is 4.59. The predicted molar refractivity (Wildman–Crippen MR) is 87.6 cm³/mol. The van der Waals surface area contributed by atoms with Gasteiger partial charge in [-0.05, 0) is 19.1 Å². The number of hydrogen-bond donors (Lipinski definition) is 3. The summed E-state index contributed by atoms with van der Waals surface area (Å²) in [6.07, 6.45) is -4.68. The number of carbonyl (C=O) groups is 1. The van der Waals surface area contributed by atoms with Crippen LogP contribution in [0.5, 0.6) is 0 Å². The molecule has 26 heavy (non-hydrogen) atoms. The fraction of sp³-hybridized carbons (Fsp3) is 0.214. The van der Waals surface area contributed by atoms with Crippen molar-refractivity contribution in [1.82, 2.24) is 29.9 Å². The number of rotatable bonds is 4. The quantitative estimate of drug-likeness (QED) is 0.601. The fourth-order valence-electron chi connectivity index (χ4n) is 2.14. The summed E-state index contributed by atoms with van der Waals surface area (Å²) >= 11 is 5.11. The molecule has 1 amide bonds. The first kappa shape index (κ1) is 17.8. The molecule has 0 radical (unpaired) electrons. The van der Waals surface area contributed by atoms with Gasteiger partial charge in [0.05, 0.1) is 0 Å². The van der Waals surface area contributed by atoms with Crippen molar-refractivity contribution in [3.8, 4) is 11.4 Å². The second kappa shape index (κ2) is 6.71. The third-order valence-electron chi connectivity index (χ3n) is 3.37. The van der Waals surface area contributed by atoms with Gasteiger partial charge in [0.2, 0.25) is 17.7 Å². The summed E-state index contributed by atoms with van der Waals surface area (Å²) in [7, 11) is 0. The first-order valence-electron chi connectivity index (χ1n) is 7.26. The summed E-state index contributed by atoms with van der Waals surface area (Å²) in [5.74, 6) is -2.00. The van der Waals surface area contributed by atoms with E-state index in [1.165, 1.54) is 4.57 Å². The average molecular weight is 383 g/mol. The summed E-state index contributed by atoms with van der Waals surface area (Å²) < 4.78 is 39.1. The molecule has 0 saturated carbocycles. The molecule has 0 spiro atoms. The van der Waals surface area contributed by atoms with Gasteiger partial charge in [0.1, 0.15) is 6.54 Å². The summed E-state index contributed by atoms with van der Waals surface area (Å²) in [5, 5.41) is 13.9. The van der Waals surface area contributed by atoms with Crippen molar-refractivity contribution < 1.29 is 18.0 Å². The smallest absolute Gasteiger partial charge is 0.292 e. The van der Waals surface area contributed by atoms with Crippen molar-refractivity contribution >= 4 is 24.1 Å². The minimum atomic E-state index is -4.68. The van der Waals surface area contributed by atoms with Gasteiger partial charge in [0.25, 0.3) is 0 Å². The van der Waals surface area contributed by atoms with E-state index < -0.39 is 23.9 Å². The van der Waals surface area contributed by atoms with E-state index in [2.05, 4.69) is 25.6 Å². The van der Waals surface area contributed by atoms with Crippen LogP contribution in [0, 0.1) is 11.7 Å². The molecule has 2 aromatic heterocycles. The summed E-state index contributed by atoms with van der Waals surface area (Å²) in [4.78, 5) is 15.3. The van der Waals surface area contributed by atoms with Crippen molar-refractivity contribution in [3.63, 3.8) is 0 Å². The van der Waals surface area contributed by atoms with E-state index in [1.54, 1.807) is 5.10 Å². The molecule has 3 rings (SSSR count). The Balaban J connectivity index is 1.78. The number of halogens is 3. The van der Waals surface area contributed by atoms with Crippen LogP contribution in [-0.4, -0.2) is 35.9 Å². The second-order valence-corrected chi connectivity index (χ2v) is 5.74. The fourth-order valence-corrected chi connectivity index (χ4v) is 2.34. The highest BCUT2D eigenvalue weighted by Crippen LogP contribution is 2.26. The highest BCUT2D eigenvalue weighted by Gasteiger charge is 2.35. The lowest BCUT2D eigenvalue weighted by atomic mass is 10.1. The maximum atomic E-state index is 12.5. The van der Waals surface area contributed by atoms with Gasteiger partial charge in [-0.3, -0.25) is 24.9 Å². The van der Waals surface area contributed by atoms with Crippen LogP contribution in [-0.2, 0) is 17.5 Å². The topological polar surface area (TPSA) is 104 Å². The molecule has 3 N–H and O–H groups in total. The maximum Gasteiger partial charge on any atom is 0.451 e. The maximum absolute atomic E-state index is 12.5. The van der Waals surface area contributed by atoms with Crippen molar-refractivity contribution in [2.24, 2.45) is 0 Å². The second-order valence-electron chi connectivity index (χ2n) is 5.36. The molecule has 3 aromatic rings. The third kappa shape index (κ3) is 3.79. The molecule has 0 aliphatic carbocycles. The normalized spacial score (nSPS) is 11.5. The number of nitrogens with one attached hydrogen (secondary N) is 3. The molecule has 0 fully saturated rings. The number of amides is 1. The Morgan fingerprint density at radius 3 is 2.54 bits per heavy atom. The van der Waals surface area contributed by atoms with Crippen LogP contribution in [0.15, 0.2) is 24.3 Å². The molecule has 0 aliphatic rings. The molecule has 0 aliphatic heterocycles. The number of nitrogens with zero attached hydrogens (tertiary/aromatic N) is 4. The van der Waals surface area contributed by atoms with Gasteiger partial charge in [-0.1, -0.05) is 29.8 Å². The molecule has 8 nitrogen and oxygen atoms in total. The standard InChI is InChI=1S/C14H12F3N7OS/c1-7-2-4-8(5-3-7)10-20-23-13(26)24(10)6-9(25)18-12-19-11(21-22-12)14(15,16)17/h2-5H,6H2,1H3,(H,23,26)(H2,18,19,21,22,25). The van der Waals surface area contributed by atoms with Crippen LogP contribution in [0.2, 0.25) is 0 Å². The van der Waals surface area contributed by atoms with Crippen molar-refractivity contribution in [3.05, 3.63) is 40.4 Å². The molecule has 12 heteroatoms. The van der Waals surface area contributed by atoms with E-state index in [9.17, 15) is 18.0 Å². The Bertz CT molecular complexity index is 987. The third-order valence-corrected chi connectivity index (χ3v) is 3.69. The van der Waals surface area contributed by atoms with E-state index in [0.29, 0.717) is 5.82 Å². The van der Waals surface area contributed by atoms with Crippen LogP contribution in [0.1, 0.15) is 11.4 Å². The number of H-pyrrole nitrogens is 2. The zero-order chi connectivity index (χ0) is 18.9. The summed E-state index contributed by atoms with van der Waals surface area (Å²) in [5.41, 5.74) is 1.78. The largest absolute Gasteiger partial charge is 0.451 e. The van der Waals surface area contributed by atoms with Gasteiger partial charge >= 0.3 is 6.18 Å². The molecule has 0 unspecified atom stereocenters. The van der Waals surface area contributed by atoms with Crippen molar-refractivity contribution in [2.45, 2.75) is 19.6 Å². The first-order chi connectivity index (χ1) is 12.2. The highest BCUT2D eigenvalue weighted by atomic mass is 32.1. The van der Waals surface area contributed by atoms with E-state index in [-0.39, 0.29) is 11.3 Å². The monoisotopic (exact) mass is 383 g/mol. The zero-order valence-electron chi connectivity index (χ0n) is 13.3. The zero-order valence-corrected chi connectivity index (χ0v) is 14.1. The van der Waals surface area contributed by atoms with E-state index in [0.717, 1.165) is 11.1 Å². The molecular formula is C14H12F3N7OS. The lowest BCUT2D eigenvalue weighted by Gasteiger charge is -2.06. The number of aromatic nitrogens is 6. The predicted octanol–water partition coefficient (Wildman–Crippen LogP) is 2.69. The average Bonchev–Trinajstić information content (AvgIpc) is 3.16. The van der Waals surface area contributed by atoms with Gasteiger partial charge < -0.3 is 0 Å². The molecular weight excluding hydrogens is 371 g/mol. The Labute approximate surface area is 149 Å². The van der Waals surface area contributed by atoms with Crippen LogP contribution in [0.25, 0.3) is 11.4 Å². The van der Waals surface area contributed by atoms with Crippen LogP contribution in [0.3, 0.4) is 0 Å². The number of hydrogen-bond acceptors (Lipinski definition) is 5. The molecule has 0 bridgehead atoms. The minimum Gasteiger partial charge on any atom is -0.292 e. The Morgan fingerprint density at radius 1 is 1.23 bits per heavy atom. The van der Waals surface area contributed by atoms with E-state index in [4.69, 9.17) is 12.2 Å². The van der Waals surface area contributed by atoms with E-state index in [1.807, 2.05) is 31.2 Å². The lowest BCUT2D eigenvalue weighted by molar-refractivity contribution is -0.144. The van der Waals surface area contributed by atoms with Gasteiger partial charge in [0, 0.05) is 5.56 Å². The van der Waals surface area contributed by atoms with Gasteiger partial charge in [-0.25, -0.2) is 0 Å². The number of aryl methyl sites for hydroxylation is 1. The molecule has 0 saturated heterocycles. The van der Waals surface area contributed by atoms with Gasteiger partial charge in [-0.2, -0.15) is 23.3 Å². The van der Waals surface area contributed by atoms with Gasteiger partial charge in [0.15, 0.2) is 10.6 Å². The number of benzene rings is 1.